The van der Waals surface area contributed by atoms with E-state index in [0.29, 0.717) is 11.3 Å². The number of benzene rings is 1. The molecule has 0 aliphatic heterocycles. The second kappa shape index (κ2) is 5.05. The van der Waals surface area contributed by atoms with Crippen LogP contribution < -0.4 is 0 Å². The Morgan fingerprint density at radius 3 is 3.00 bits per heavy atom. The summed E-state index contributed by atoms with van der Waals surface area (Å²) in [6, 6.07) is 5.07. The van der Waals surface area contributed by atoms with Crippen LogP contribution >= 0.6 is 39.2 Å². The summed E-state index contributed by atoms with van der Waals surface area (Å²) in [6.07, 6.45) is 1.50. The van der Waals surface area contributed by atoms with E-state index >= 15 is 0 Å². The van der Waals surface area contributed by atoms with Crippen molar-refractivity contribution in [3.63, 3.8) is 0 Å². The largest absolute Gasteiger partial charge is 0.216 e. The van der Waals surface area contributed by atoms with Crippen LogP contribution in [0.4, 0.5) is 4.39 Å². The molecule has 0 aliphatic rings. The summed E-state index contributed by atoms with van der Waals surface area (Å²) in [4.78, 5) is 4.02. The topological polar surface area (TPSA) is 25.8 Å². The van der Waals surface area contributed by atoms with E-state index in [1.165, 1.54) is 35.7 Å². The fourth-order valence-corrected chi connectivity index (χ4v) is 2.77. The van der Waals surface area contributed by atoms with Crippen LogP contribution in [0.25, 0.3) is 0 Å². The molecule has 0 fully saturated rings. The summed E-state index contributed by atoms with van der Waals surface area (Å²) in [5, 5.41) is 0. The van der Waals surface area contributed by atoms with Gasteiger partial charge in [0.1, 0.15) is 12.1 Å². The maximum Gasteiger partial charge on any atom is 0.170 e. The molecule has 1 aromatic heterocycles. The summed E-state index contributed by atoms with van der Waals surface area (Å²) in [7, 11) is 0. The van der Waals surface area contributed by atoms with Gasteiger partial charge in [0.05, 0.1) is 0 Å². The molecule has 2 nitrogen and oxygen atoms in total. The molecule has 0 unspecified atom stereocenters. The highest BCUT2D eigenvalue weighted by Crippen LogP contribution is 2.25. The molecule has 6 heteroatoms. The molecule has 0 saturated heterocycles. The van der Waals surface area contributed by atoms with Gasteiger partial charge >= 0.3 is 0 Å². The Balaban J connectivity index is 2.05. The van der Waals surface area contributed by atoms with E-state index in [9.17, 15) is 4.39 Å². The van der Waals surface area contributed by atoms with E-state index in [4.69, 9.17) is 0 Å². The highest BCUT2D eigenvalue weighted by molar-refractivity contribution is 9.10. The molecule has 78 valence electrons. The Hall–Kier alpha value is -0.460. The lowest BCUT2D eigenvalue weighted by molar-refractivity contribution is 0.616. The average molecular weight is 305 g/mol. The first-order chi connectivity index (χ1) is 7.25. The van der Waals surface area contributed by atoms with E-state index < -0.39 is 0 Å². The third kappa shape index (κ3) is 2.99. The van der Waals surface area contributed by atoms with Crippen LogP contribution in [0, 0.1) is 5.82 Å². The summed E-state index contributed by atoms with van der Waals surface area (Å²) in [5.41, 5.74) is 0.679. The lowest BCUT2D eigenvalue weighted by Gasteiger charge is -2.01. The molecular formula is C9H6BrFN2S2. The van der Waals surface area contributed by atoms with Crippen LogP contribution in [0.3, 0.4) is 0 Å². The number of hydrogen-bond acceptors (Lipinski definition) is 4. The minimum atomic E-state index is -0.193. The van der Waals surface area contributed by atoms with Gasteiger partial charge in [-0.05, 0) is 29.2 Å². The molecular weight excluding hydrogens is 299 g/mol. The van der Waals surface area contributed by atoms with Crippen molar-refractivity contribution in [2.75, 3.05) is 0 Å². The predicted molar refractivity (Wildman–Crippen MR) is 63.6 cm³/mol. The van der Waals surface area contributed by atoms with Crippen LogP contribution in [0.2, 0.25) is 0 Å². The molecule has 1 aromatic carbocycles. The van der Waals surface area contributed by atoms with Gasteiger partial charge in [-0.15, -0.1) is 0 Å². The second-order valence-electron chi connectivity index (χ2n) is 2.73. The van der Waals surface area contributed by atoms with Gasteiger partial charge in [-0.25, -0.2) is 9.37 Å². The molecule has 2 aromatic rings. The van der Waals surface area contributed by atoms with Crippen molar-refractivity contribution < 1.29 is 4.39 Å². The number of nitrogens with zero attached hydrogens (tertiary/aromatic N) is 2. The van der Waals surface area contributed by atoms with Crippen LogP contribution in [-0.2, 0) is 5.75 Å². The molecule has 0 radical (unpaired) electrons. The first kappa shape index (κ1) is 11.0. The zero-order valence-corrected chi connectivity index (χ0v) is 10.7. The van der Waals surface area contributed by atoms with E-state index in [-0.39, 0.29) is 5.82 Å². The monoisotopic (exact) mass is 304 g/mol. The maximum atomic E-state index is 13.4. The molecule has 15 heavy (non-hydrogen) atoms. The number of rotatable bonds is 3. The van der Waals surface area contributed by atoms with Gasteiger partial charge in [0.2, 0.25) is 0 Å². The summed E-state index contributed by atoms with van der Waals surface area (Å²) >= 11 is 6.03. The van der Waals surface area contributed by atoms with Crippen molar-refractivity contribution in [3.05, 3.63) is 40.4 Å². The molecule has 0 bridgehead atoms. The third-order valence-corrected chi connectivity index (χ3v) is 4.05. The van der Waals surface area contributed by atoms with Crippen LogP contribution in [-0.4, -0.2) is 9.36 Å². The number of aromatic nitrogens is 2. The number of halogens is 2. The van der Waals surface area contributed by atoms with Crippen LogP contribution in [0.1, 0.15) is 5.56 Å². The van der Waals surface area contributed by atoms with E-state index in [1.807, 2.05) is 6.07 Å². The Kier molecular flexibility index (Phi) is 3.71. The summed E-state index contributed by atoms with van der Waals surface area (Å²) < 4.78 is 18.9. The van der Waals surface area contributed by atoms with E-state index in [1.54, 1.807) is 6.07 Å². The minimum absolute atomic E-state index is 0.193. The molecule has 0 saturated carbocycles. The van der Waals surface area contributed by atoms with Crippen molar-refractivity contribution in [1.82, 2.24) is 9.36 Å². The SMILES string of the molecule is Fc1cc(Br)ccc1CSc1ncns1. The van der Waals surface area contributed by atoms with Gasteiger partial charge in [0.25, 0.3) is 0 Å². The standard InChI is InChI=1S/C9H6BrFN2S2/c10-7-2-1-6(8(11)3-7)4-14-9-12-5-13-15-9/h1-3,5H,4H2. The quantitative estimate of drug-likeness (QED) is 0.808. The zero-order valence-electron chi connectivity index (χ0n) is 7.48. The lowest BCUT2D eigenvalue weighted by atomic mass is 10.2. The third-order valence-electron chi connectivity index (χ3n) is 1.71. The Bertz CT molecular complexity index is 447. The van der Waals surface area contributed by atoms with Crippen molar-refractivity contribution in [1.29, 1.82) is 0 Å². The summed E-state index contributed by atoms with van der Waals surface area (Å²) in [5.74, 6) is 0.385. The van der Waals surface area contributed by atoms with Gasteiger partial charge in [-0.3, -0.25) is 0 Å². The van der Waals surface area contributed by atoms with E-state index in [2.05, 4.69) is 25.3 Å². The molecule has 1 heterocycles. The molecule has 0 N–H and O–H groups in total. The van der Waals surface area contributed by atoms with Crippen LogP contribution in [0.15, 0.2) is 33.3 Å². The minimum Gasteiger partial charge on any atom is -0.216 e. The van der Waals surface area contributed by atoms with Gasteiger partial charge in [-0.2, -0.15) is 4.37 Å². The van der Waals surface area contributed by atoms with Gasteiger partial charge < -0.3 is 0 Å². The number of thioether (sulfide) groups is 1. The fourth-order valence-electron chi connectivity index (χ4n) is 1.00. The Labute approximate surface area is 103 Å². The highest BCUT2D eigenvalue weighted by atomic mass is 79.9. The molecule has 0 atom stereocenters. The molecule has 0 spiro atoms. The van der Waals surface area contributed by atoms with Gasteiger partial charge in [-0.1, -0.05) is 33.8 Å². The molecule has 2 rings (SSSR count). The first-order valence-corrected chi connectivity index (χ1v) is 6.64. The fraction of sp³-hybridized carbons (Fsp3) is 0.111. The molecule has 0 amide bonds. The lowest BCUT2D eigenvalue weighted by Crippen LogP contribution is -1.86. The maximum absolute atomic E-state index is 13.4. The summed E-state index contributed by atoms with van der Waals surface area (Å²) in [6.45, 7) is 0. The van der Waals surface area contributed by atoms with Crippen molar-refractivity contribution in [3.8, 4) is 0 Å². The van der Waals surface area contributed by atoms with Crippen molar-refractivity contribution >= 4 is 39.2 Å². The smallest absolute Gasteiger partial charge is 0.170 e. The molecule has 0 aliphatic carbocycles. The van der Waals surface area contributed by atoms with Gasteiger partial charge in [0.15, 0.2) is 4.34 Å². The normalized spacial score (nSPS) is 10.5. The first-order valence-electron chi connectivity index (χ1n) is 4.09. The zero-order chi connectivity index (χ0) is 10.7. The predicted octanol–water partition coefficient (Wildman–Crippen LogP) is 3.73. The average Bonchev–Trinajstić information content (AvgIpc) is 2.69. The Morgan fingerprint density at radius 2 is 2.33 bits per heavy atom. The van der Waals surface area contributed by atoms with Crippen LogP contribution in [0.5, 0.6) is 0 Å². The Morgan fingerprint density at radius 1 is 1.47 bits per heavy atom. The highest BCUT2D eigenvalue weighted by Gasteiger charge is 2.04. The van der Waals surface area contributed by atoms with E-state index in [0.717, 1.165) is 8.81 Å². The van der Waals surface area contributed by atoms with Crippen molar-refractivity contribution in [2.24, 2.45) is 0 Å². The van der Waals surface area contributed by atoms with Crippen molar-refractivity contribution in [2.45, 2.75) is 10.1 Å². The second-order valence-corrected chi connectivity index (χ2v) is 5.65. The van der Waals surface area contributed by atoms with Gasteiger partial charge in [0, 0.05) is 10.2 Å². The number of hydrogen-bond donors (Lipinski definition) is 0.